The highest BCUT2D eigenvalue weighted by Crippen LogP contribution is 2.13. The molecule has 84 valence electrons. The van der Waals surface area contributed by atoms with Gasteiger partial charge in [-0.25, -0.2) is 0 Å². The lowest BCUT2D eigenvalue weighted by Crippen LogP contribution is -2.14. The van der Waals surface area contributed by atoms with Crippen LogP contribution in [0.3, 0.4) is 0 Å². The van der Waals surface area contributed by atoms with Crippen molar-refractivity contribution in [2.75, 3.05) is 5.75 Å². The molecule has 1 nitrogen and oxygen atoms in total. The normalized spacial score (nSPS) is 13.1. The van der Waals surface area contributed by atoms with E-state index < -0.39 is 0 Å². The summed E-state index contributed by atoms with van der Waals surface area (Å²) in [5.41, 5.74) is 2.49. The smallest absolute Gasteiger partial charge is 0.0670 e. The third-order valence-corrected chi connectivity index (χ3v) is 3.46. The Morgan fingerprint density at radius 3 is 2.33 bits per heavy atom. The van der Waals surface area contributed by atoms with E-state index in [1.54, 1.807) is 0 Å². The molecule has 0 radical (unpaired) electrons. The summed E-state index contributed by atoms with van der Waals surface area (Å²) in [6.07, 6.45) is 0.542. The maximum atomic E-state index is 9.80. The maximum absolute atomic E-state index is 9.80. The van der Waals surface area contributed by atoms with E-state index >= 15 is 0 Å². The highest BCUT2D eigenvalue weighted by Gasteiger charge is 2.06. The second-order valence-electron chi connectivity index (χ2n) is 4.23. The molecule has 1 rings (SSSR count). The minimum absolute atomic E-state index is 0.222. The van der Waals surface area contributed by atoms with E-state index in [-0.39, 0.29) is 6.10 Å². The van der Waals surface area contributed by atoms with Gasteiger partial charge in [-0.1, -0.05) is 43.7 Å². The van der Waals surface area contributed by atoms with Crippen molar-refractivity contribution in [1.29, 1.82) is 0 Å². The van der Waals surface area contributed by atoms with Crippen LogP contribution in [0.5, 0.6) is 0 Å². The van der Waals surface area contributed by atoms with Gasteiger partial charge in [-0.3, -0.25) is 0 Å². The molecule has 0 aromatic heterocycles. The first-order valence-corrected chi connectivity index (χ1v) is 6.48. The Kier molecular flexibility index (Phi) is 5.20. The zero-order chi connectivity index (χ0) is 11.3. The van der Waals surface area contributed by atoms with E-state index in [1.807, 2.05) is 11.8 Å². The monoisotopic (exact) mass is 224 g/mol. The van der Waals surface area contributed by atoms with Crippen LogP contribution in [0, 0.1) is 6.92 Å². The zero-order valence-corrected chi connectivity index (χ0v) is 10.6. The lowest BCUT2D eigenvalue weighted by atomic mass is 10.1. The summed E-state index contributed by atoms with van der Waals surface area (Å²) >= 11 is 1.81. The molecule has 0 fully saturated rings. The fourth-order valence-electron chi connectivity index (χ4n) is 1.36. The van der Waals surface area contributed by atoms with Crippen molar-refractivity contribution in [1.82, 2.24) is 0 Å². The van der Waals surface area contributed by atoms with Gasteiger partial charge in [-0.2, -0.15) is 11.8 Å². The predicted octanol–water partition coefficient (Wildman–Crippen LogP) is 3.04. The molecule has 0 aliphatic heterocycles. The summed E-state index contributed by atoms with van der Waals surface area (Å²) in [5, 5.41) is 10.4. The van der Waals surface area contributed by atoms with Crippen LogP contribution in [-0.2, 0) is 6.42 Å². The SMILES string of the molecule is Cc1ccc(CC(O)CSC(C)C)cc1. The molecule has 1 N–H and O–H groups in total. The van der Waals surface area contributed by atoms with Gasteiger partial charge in [0.05, 0.1) is 6.10 Å². The quantitative estimate of drug-likeness (QED) is 0.829. The Labute approximate surface area is 96.9 Å². The van der Waals surface area contributed by atoms with Gasteiger partial charge in [0.15, 0.2) is 0 Å². The first-order chi connectivity index (χ1) is 7.08. The van der Waals surface area contributed by atoms with Gasteiger partial charge in [0.1, 0.15) is 0 Å². The zero-order valence-electron chi connectivity index (χ0n) is 9.73. The Hall–Kier alpha value is -0.470. The molecule has 0 saturated heterocycles. The molecule has 2 heteroatoms. The summed E-state index contributed by atoms with van der Waals surface area (Å²) in [6, 6.07) is 8.38. The first kappa shape index (κ1) is 12.6. The van der Waals surface area contributed by atoms with Gasteiger partial charge >= 0.3 is 0 Å². The number of aliphatic hydroxyl groups is 1. The highest BCUT2D eigenvalue weighted by atomic mass is 32.2. The highest BCUT2D eigenvalue weighted by molar-refractivity contribution is 7.99. The number of aliphatic hydroxyl groups excluding tert-OH is 1. The topological polar surface area (TPSA) is 20.2 Å². The molecule has 0 heterocycles. The van der Waals surface area contributed by atoms with Crippen molar-refractivity contribution in [3.05, 3.63) is 35.4 Å². The van der Waals surface area contributed by atoms with Gasteiger partial charge in [-0.05, 0) is 24.2 Å². The first-order valence-electron chi connectivity index (χ1n) is 5.43. The van der Waals surface area contributed by atoms with E-state index in [0.29, 0.717) is 5.25 Å². The summed E-state index contributed by atoms with van der Waals surface area (Å²) in [6.45, 7) is 6.39. The van der Waals surface area contributed by atoms with Crippen molar-refractivity contribution in [3.63, 3.8) is 0 Å². The second-order valence-corrected chi connectivity index (χ2v) is 5.84. The van der Waals surface area contributed by atoms with Crippen LogP contribution in [-0.4, -0.2) is 22.2 Å². The van der Waals surface area contributed by atoms with Crippen molar-refractivity contribution in [3.8, 4) is 0 Å². The molecular weight excluding hydrogens is 204 g/mol. The molecule has 15 heavy (non-hydrogen) atoms. The molecule has 0 saturated carbocycles. The van der Waals surface area contributed by atoms with Gasteiger partial charge < -0.3 is 5.11 Å². The average Bonchev–Trinajstić information content (AvgIpc) is 2.19. The molecule has 0 aliphatic rings. The van der Waals surface area contributed by atoms with Gasteiger partial charge in [-0.15, -0.1) is 0 Å². The number of rotatable bonds is 5. The van der Waals surface area contributed by atoms with Crippen LogP contribution < -0.4 is 0 Å². The fraction of sp³-hybridized carbons (Fsp3) is 0.538. The number of aryl methyl sites for hydroxylation is 1. The molecule has 0 aliphatic carbocycles. The van der Waals surface area contributed by atoms with Crippen LogP contribution in [0.25, 0.3) is 0 Å². The predicted molar refractivity (Wildman–Crippen MR) is 68.5 cm³/mol. The van der Waals surface area contributed by atoms with Crippen molar-refractivity contribution in [2.45, 2.75) is 38.5 Å². The third kappa shape index (κ3) is 5.24. The van der Waals surface area contributed by atoms with E-state index in [0.717, 1.165) is 12.2 Å². The maximum Gasteiger partial charge on any atom is 0.0670 e. The van der Waals surface area contributed by atoms with E-state index in [1.165, 1.54) is 11.1 Å². The standard InChI is InChI=1S/C13H20OS/c1-10(2)15-9-13(14)8-12-6-4-11(3)5-7-12/h4-7,10,13-14H,8-9H2,1-3H3. The number of thioether (sulfide) groups is 1. The van der Waals surface area contributed by atoms with Crippen molar-refractivity contribution >= 4 is 11.8 Å². The van der Waals surface area contributed by atoms with Crippen LogP contribution in [0.15, 0.2) is 24.3 Å². The molecule has 1 unspecified atom stereocenters. The van der Waals surface area contributed by atoms with Gasteiger partial charge in [0.2, 0.25) is 0 Å². The Balaban J connectivity index is 2.37. The van der Waals surface area contributed by atoms with Gasteiger partial charge in [0, 0.05) is 5.75 Å². The van der Waals surface area contributed by atoms with Crippen LogP contribution in [0.1, 0.15) is 25.0 Å². The second kappa shape index (κ2) is 6.19. The van der Waals surface area contributed by atoms with Crippen LogP contribution in [0.4, 0.5) is 0 Å². The molecule has 1 aromatic rings. The molecular formula is C13H20OS. The van der Waals surface area contributed by atoms with Gasteiger partial charge in [0.25, 0.3) is 0 Å². The van der Waals surface area contributed by atoms with Crippen LogP contribution in [0.2, 0.25) is 0 Å². The molecule has 0 amide bonds. The van der Waals surface area contributed by atoms with Crippen LogP contribution >= 0.6 is 11.8 Å². The minimum Gasteiger partial charge on any atom is -0.392 e. The lowest BCUT2D eigenvalue weighted by molar-refractivity contribution is 0.200. The Morgan fingerprint density at radius 1 is 1.20 bits per heavy atom. The Morgan fingerprint density at radius 2 is 1.80 bits per heavy atom. The molecule has 1 atom stereocenters. The molecule has 1 aromatic carbocycles. The van der Waals surface area contributed by atoms with E-state index in [9.17, 15) is 5.11 Å². The summed E-state index contributed by atoms with van der Waals surface area (Å²) in [7, 11) is 0. The van der Waals surface area contributed by atoms with Crippen molar-refractivity contribution < 1.29 is 5.11 Å². The summed E-state index contributed by atoms with van der Waals surface area (Å²) in [5.74, 6) is 0.825. The van der Waals surface area contributed by atoms with E-state index in [4.69, 9.17) is 0 Å². The molecule has 0 bridgehead atoms. The fourth-order valence-corrected chi connectivity index (χ4v) is 2.08. The average molecular weight is 224 g/mol. The van der Waals surface area contributed by atoms with E-state index in [2.05, 4.69) is 45.0 Å². The lowest BCUT2D eigenvalue weighted by Gasteiger charge is -2.12. The largest absolute Gasteiger partial charge is 0.392 e. The number of hydrogen-bond donors (Lipinski definition) is 1. The van der Waals surface area contributed by atoms with Crippen molar-refractivity contribution in [2.24, 2.45) is 0 Å². The Bertz CT molecular complexity index is 279. The summed E-state index contributed by atoms with van der Waals surface area (Å²) < 4.78 is 0. The molecule has 0 spiro atoms. The summed E-state index contributed by atoms with van der Waals surface area (Å²) in [4.78, 5) is 0. The number of benzene rings is 1. The number of hydrogen-bond acceptors (Lipinski definition) is 2. The third-order valence-electron chi connectivity index (χ3n) is 2.21. The minimum atomic E-state index is -0.222.